The van der Waals surface area contributed by atoms with Gasteiger partial charge in [0.25, 0.3) is 0 Å². The highest BCUT2D eigenvalue weighted by Crippen LogP contribution is 2.32. The normalized spacial score (nSPS) is 14.0. The monoisotopic (exact) mass is 357 g/mol. The number of ether oxygens (including phenoxy) is 1. The van der Waals surface area contributed by atoms with Crippen molar-refractivity contribution in [2.45, 2.75) is 50.3 Å². The van der Waals surface area contributed by atoms with E-state index in [1.165, 1.54) is 17.3 Å². The molecule has 1 N–H and O–H groups in total. The molecule has 1 aliphatic carbocycles. The summed E-state index contributed by atoms with van der Waals surface area (Å²) in [6.45, 7) is 6.30. The Kier molecular flexibility index (Phi) is 5.58. The topological polar surface area (TPSA) is 64.1 Å². The molecule has 2 aromatic rings. The second-order valence-electron chi connectivity index (χ2n) is 6.03. The number of carbonyl (C=O) groups excluding carboxylic acids is 1. The fraction of sp³-hybridized carbons (Fsp3) is 0.421. The van der Waals surface area contributed by atoms with Crippen molar-refractivity contribution >= 4 is 23.4 Å². The Labute approximate surface area is 152 Å². The summed E-state index contributed by atoms with van der Waals surface area (Å²) in [6, 6.07) is 7.49. The van der Waals surface area contributed by atoms with E-state index in [1.54, 1.807) is 0 Å². The number of hydrogen-bond acceptors (Lipinski definition) is 5. The van der Waals surface area contributed by atoms with Crippen molar-refractivity contribution in [1.29, 1.82) is 0 Å². The average molecular weight is 357 g/mol. The lowest BCUT2D eigenvalue weighted by Crippen LogP contribution is -2.23. The predicted octanol–water partition coefficient (Wildman–Crippen LogP) is 3.79. The summed E-state index contributed by atoms with van der Waals surface area (Å²) >= 11 is 1.51. The van der Waals surface area contributed by atoms with E-state index < -0.39 is 0 Å². The Morgan fingerprint density at radius 3 is 2.92 bits per heavy atom. The number of nitrogens with one attached hydrogen (secondary N) is 1. The number of aromatic nitrogens is 2. The van der Waals surface area contributed by atoms with Crippen LogP contribution in [0.1, 0.15) is 37.4 Å². The van der Waals surface area contributed by atoms with E-state index in [4.69, 9.17) is 4.74 Å². The van der Waals surface area contributed by atoms with Gasteiger partial charge in [-0.2, -0.15) is 0 Å². The third kappa shape index (κ3) is 4.12. The number of fused-ring (bicyclic) bond motifs is 1. The van der Waals surface area contributed by atoms with E-state index in [1.807, 2.05) is 45.0 Å². The Balaban J connectivity index is 1.72. The molecular weight excluding hydrogens is 334 g/mol. The predicted molar refractivity (Wildman–Crippen MR) is 100 cm³/mol. The number of anilines is 1. The molecule has 0 saturated heterocycles. The van der Waals surface area contributed by atoms with E-state index in [9.17, 15) is 4.79 Å². The molecule has 3 rings (SSSR count). The smallest absolute Gasteiger partial charge is 0.237 e. The lowest BCUT2D eigenvalue weighted by Gasteiger charge is -2.16. The summed E-state index contributed by atoms with van der Waals surface area (Å²) in [7, 11) is 0. The fourth-order valence-electron chi connectivity index (χ4n) is 2.92. The lowest BCUT2D eigenvalue weighted by atomic mass is 10.3. The zero-order valence-corrected chi connectivity index (χ0v) is 15.7. The highest BCUT2D eigenvalue weighted by atomic mass is 32.2. The van der Waals surface area contributed by atoms with Gasteiger partial charge in [-0.05, 0) is 52.2 Å². The van der Waals surface area contributed by atoms with Crippen molar-refractivity contribution in [2.75, 3.05) is 11.9 Å². The molecule has 0 spiro atoms. The summed E-state index contributed by atoms with van der Waals surface area (Å²) in [4.78, 5) is 21.7. The van der Waals surface area contributed by atoms with Crippen LogP contribution in [0.3, 0.4) is 0 Å². The summed E-state index contributed by atoms with van der Waals surface area (Å²) in [5.74, 6) is 1.41. The van der Waals surface area contributed by atoms with Crippen LogP contribution in [0.4, 0.5) is 5.69 Å². The van der Waals surface area contributed by atoms with Gasteiger partial charge in [0, 0.05) is 11.3 Å². The Morgan fingerprint density at radius 2 is 2.12 bits per heavy atom. The van der Waals surface area contributed by atoms with Crippen LogP contribution in [0.5, 0.6) is 5.75 Å². The number of thioether (sulfide) groups is 1. The minimum absolute atomic E-state index is 0.0554. The first kappa shape index (κ1) is 17.7. The number of rotatable bonds is 6. The zero-order valence-electron chi connectivity index (χ0n) is 14.8. The van der Waals surface area contributed by atoms with Crippen LogP contribution in [0, 0.1) is 6.92 Å². The van der Waals surface area contributed by atoms with Crippen molar-refractivity contribution < 1.29 is 9.53 Å². The van der Waals surface area contributed by atoms with Gasteiger partial charge in [-0.3, -0.25) is 4.79 Å². The number of para-hydroxylation sites is 2. The molecule has 0 fully saturated rings. The maximum absolute atomic E-state index is 12.6. The third-order valence-electron chi connectivity index (χ3n) is 4.11. The van der Waals surface area contributed by atoms with E-state index >= 15 is 0 Å². The van der Waals surface area contributed by atoms with Crippen LogP contribution >= 0.6 is 11.8 Å². The first-order valence-corrected chi connectivity index (χ1v) is 9.52. The average Bonchev–Trinajstić information content (AvgIpc) is 3.05. The molecule has 1 atom stereocenters. The summed E-state index contributed by atoms with van der Waals surface area (Å²) in [5, 5.41) is 3.66. The van der Waals surface area contributed by atoms with Gasteiger partial charge < -0.3 is 10.1 Å². The number of amides is 1. The Morgan fingerprint density at radius 1 is 1.32 bits per heavy atom. The summed E-state index contributed by atoms with van der Waals surface area (Å²) < 4.78 is 5.57. The van der Waals surface area contributed by atoms with Crippen molar-refractivity contribution in [3.63, 3.8) is 0 Å². The molecule has 5 nitrogen and oxygen atoms in total. The highest BCUT2D eigenvalue weighted by Gasteiger charge is 2.23. The van der Waals surface area contributed by atoms with Crippen LogP contribution < -0.4 is 10.1 Å². The summed E-state index contributed by atoms with van der Waals surface area (Å²) in [6.07, 6.45) is 3.12. The molecule has 0 bridgehead atoms. The van der Waals surface area contributed by atoms with Crippen LogP contribution in [-0.2, 0) is 17.6 Å². The number of aryl methyl sites for hydroxylation is 2. The molecule has 0 aliphatic heterocycles. The molecular formula is C19H23N3O2S. The fourth-order valence-corrected chi connectivity index (χ4v) is 3.97. The lowest BCUT2D eigenvalue weighted by molar-refractivity contribution is -0.115. The number of carbonyl (C=O) groups is 1. The molecule has 1 aromatic heterocycles. The Bertz CT molecular complexity index is 779. The minimum Gasteiger partial charge on any atom is -0.492 e. The van der Waals surface area contributed by atoms with E-state index in [0.717, 1.165) is 35.8 Å². The first-order valence-electron chi connectivity index (χ1n) is 8.64. The molecule has 0 radical (unpaired) electrons. The van der Waals surface area contributed by atoms with Crippen LogP contribution in [0.25, 0.3) is 0 Å². The van der Waals surface area contributed by atoms with E-state index in [-0.39, 0.29) is 11.2 Å². The number of benzene rings is 1. The first-order chi connectivity index (χ1) is 12.1. The Hall–Kier alpha value is -2.08. The maximum Gasteiger partial charge on any atom is 0.237 e. The largest absolute Gasteiger partial charge is 0.492 e. The maximum atomic E-state index is 12.6. The summed E-state index contributed by atoms with van der Waals surface area (Å²) in [5.41, 5.74) is 3.06. The molecule has 1 aliphatic rings. The molecule has 25 heavy (non-hydrogen) atoms. The van der Waals surface area contributed by atoms with Crippen LogP contribution in [-0.4, -0.2) is 27.7 Å². The van der Waals surface area contributed by atoms with E-state index in [0.29, 0.717) is 18.0 Å². The molecule has 0 saturated carbocycles. The molecule has 1 amide bonds. The van der Waals surface area contributed by atoms with Gasteiger partial charge in [0.05, 0.1) is 17.5 Å². The van der Waals surface area contributed by atoms with Gasteiger partial charge in [0.15, 0.2) is 0 Å². The van der Waals surface area contributed by atoms with Crippen molar-refractivity contribution in [1.82, 2.24) is 9.97 Å². The van der Waals surface area contributed by atoms with E-state index in [2.05, 4.69) is 15.3 Å². The van der Waals surface area contributed by atoms with Crippen LogP contribution in [0.2, 0.25) is 0 Å². The quantitative estimate of drug-likeness (QED) is 0.629. The highest BCUT2D eigenvalue weighted by molar-refractivity contribution is 8.00. The van der Waals surface area contributed by atoms with Crippen LogP contribution in [0.15, 0.2) is 29.3 Å². The SMILES string of the molecule is CCOc1ccccc1NC(=O)C(C)Sc1nc(C)nc2c1CCC2. The number of hydrogen-bond donors (Lipinski definition) is 1. The second kappa shape index (κ2) is 7.87. The second-order valence-corrected chi connectivity index (χ2v) is 7.36. The standard InChI is InChI=1S/C19H23N3O2S/c1-4-24-17-11-6-5-9-16(17)22-18(23)12(2)25-19-14-8-7-10-15(14)20-13(3)21-19/h5-6,9,11-12H,4,7-8,10H2,1-3H3,(H,22,23). The molecule has 6 heteroatoms. The minimum atomic E-state index is -0.256. The van der Waals surface area contributed by atoms with Gasteiger partial charge in [-0.15, -0.1) is 0 Å². The molecule has 132 valence electrons. The van der Waals surface area contributed by atoms with Gasteiger partial charge in [-0.25, -0.2) is 9.97 Å². The third-order valence-corrected chi connectivity index (χ3v) is 5.24. The zero-order chi connectivity index (χ0) is 17.8. The van der Waals surface area contributed by atoms with Crippen molar-refractivity contribution in [3.8, 4) is 5.75 Å². The van der Waals surface area contributed by atoms with Crippen molar-refractivity contribution in [3.05, 3.63) is 41.3 Å². The number of nitrogens with zero attached hydrogens (tertiary/aromatic N) is 2. The van der Waals surface area contributed by atoms with Crippen molar-refractivity contribution in [2.24, 2.45) is 0 Å². The van der Waals surface area contributed by atoms with Gasteiger partial charge in [0.2, 0.25) is 5.91 Å². The molecule has 1 heterocycles. The van der Waals surface area contributed by atoms with Gasteiger partial charge >= 0.3 is 0 Å². The van der Waals surface area contributed by atoms with Gasteiger partial charge in [0.1, 0.15) is 16.6 Å². The molecule has 1 aromatic carbocycles. The van der Waals surface area contributed by atoms with Gasteiger partial charge in [-0.1, -0.05) is 23.9 Å². The molecule has 1 unspecified atom stereocenters.